The van der Waals surface area contributed by atoms with Crippen LogP contribution in [0, 0.1) is 4.78 Å². The van der Waals surface area contributed by atoms with Gasteiger partial charge in [-0.1, -0.05) is 35.9 Å². The summed E-state index contributed by atoms with van der Waals surface area (Å²) in [6.07, 6.45) is -3.59. The minimum absolute atomic E-state index is 0.0572. The quantitative estimate of drug-likeness (QED) is 0.853. The SMILES string of the molecule is CS(=N)(=O)c1ccc(-c2ccccc2OC(F)(F)F)cc1Cl. The lowest BCUT2D eigenvalue weighted by atomic mass is 10.0. The highest BCUT2D eigenvalue weighted by molar-refractivity contribution is 7.91. The van der Waals surface area contributed by atoms with Gasteiger partial charge in [-0.3, -0.25) is 0 Å². The minimum atomic E-state index is -4.81. The number of alkyl halides is 3. The molecule has 0 aliphatic heterocycles. The van der Waals surface area contributed by atoms with E-state index in [1.54, 1.807) is 6.07 Å². The molecule has 2 aromatic carbocycles. The number of halogens is 4. The first-order chi connectivity index (χ1) is 10.1. The highest BCUT2D eigenvalue weighted by atomic mass is 35.5. The third-order valence-electron chi connectivity index (χ3n) is 2.78. The predicted octanol–water partition coefficient (Wildman–Crippen LogP) is 4.94. The summed E-state index contributed by atoms with van der Waals surface area (Å²) in [5.41, 5.74) is 0.568. The lowest BCUT2D eigenvalue weighted by molar-refractivity contribution is -0.274. The zero-order valence-corrected chi connectivity index (χ0v) is 12.9. The second-order valence-corrected chi connectivity index (χ2v) is 7.07. The zero-order valence-electron chi connectivity index (χ0n) is 11.3. The molecule has 8 heteroatoms. The van der Waals surface area contributed by atoms with Crippen LogP contribution in [0.2, 0.25) is 5.02 Å². The van der Waals surface area contributed by atoms with E-state index in [4.69, 9.17) is 16.4 Å². The molecule has 0 aromatic heterocycles. The first-order valence-corrected chi connectivity index (χ1v) is 8.31. The maximum absolute atomic E-state index is 12.4. The Balaban J connectivity index is 2.52. The lowest BCUT2D eigenvalue weighted by Crippen LogP contribution is -2.17. The van der Waals surface area contributed by atoms with Gasteiger partial charge in [0.05, 0.1) is 19.6 Å². The molecule has 0 amide bonds. The maximum atomic E-state index is 12.4. The summed E-state index contributed by atoms with van der Waals surface area (Å²) in [6, 6.07) is 9.83. The number of ether oxygens (including phenoxy) is 1. The number of nitrogens with one attached hydrogen (secondary N) is 1. The average molecular weight is 350 g/mol. The summed E-state index contributed by atoms with van der Waals surface area (Å²) < 4.78 is 60.5. The summed E-state index contributed by atoms with van der Waals surface area (Å²) in [6.45, 7) is 0. The smallest absolute Gasteiger partial charge is 0.405 e. The highest BCUT2D eigenvalue weighted by Gasteiger charge is 2.32. The molecule has 0 aliphatic carbocycles. The summed E-state index contributed by atoms with van der Waals surface area (Å²) >= 11 is 5.99. The maximum Gasteiger partial charge on any atom is 0.573 e. The molecular formula is C14H11ClF3NO2S. The summed E-state index contributed by atoms with van der Waals surface area (Å²) in [4.78, 5) is 0.132. The van der Waals surface area contributed by atoms with Gasteiger partial charge in [-0.15, -0.1) is 13.2 Å². The van der Waals surface area contributed by atoms with Crippen molar-refractivity contribution in [2.75, 3.05) is 6.26 Å². The summed E-state index contributed by atoms with van der Waals surface area (Å²) in [5.74, 6) is -0.359. The van der Waals surface area contributed by atoms with E-state index in [0.29, 0.717) is 5.56 Å². The highest BCUT2D eigenvalue weighted by Crippen LogP contribution is 2.36. The van der Waals surface area contributed by atoms with E-state index in [1.165, 1.54) is 42.7 Å². The van der Waals surface area contributed by atoms with Gasteiger partial charge in [0.1, 0.15) is 5.75 Å². The normalized spacial score (nSPS) is 14.4. The van der Waals surface area contributed by atoms with Crippen molar-refractivity contribution in [3.05, 3.63) is 47.5 Å². The number of para-hydroxylation sites is 1. The van der Waals surface area contributed by atoms with E-state index in [-0.39, 0.29) is 21.2 Å². The fourth-order valence-electron chi connectivity index (χ4n) is 1.90. The second kappa shape index (κ2) is 5.81. The van der Waals surface area contributed by atoms with Crippen molar-refractivity contribution in [1.82, 2.24) is 0 Å². The predicted molar refractivity (Wildman–Crippen MR) is 78.6 cm³/mol. The molecule has 118 valence electrons. The van der Waals surface area contributed by atoms with E-state index in [9.17, 15) is 17.4 Å². The Hall–Kier alpha value is -1.73. The molecule has 0 saturated carbocycles. The Labute approximate surface area is 130 Å². The van der Waals surface area contributed by atoms with E-state index in [0.717, 1.165) is 0 Å². The fourth-order valence-corrected chi connectivity index (χ4v) is 3.28. The molecule has 2 aromatic rings. The van der Waals surface area contributed by atoms with Crippen molar-refractivity contribution in [3.8, 4) is 16.9 Å². The first-order valence-electron chi connectivity index (χ1n) is 5.96. The van der Waals surface area contributed by atoms with Crippen LogP contribution < -0.4 is 4.74 Å². The molecule has 22 heavy (non-hydrogen) atoms. The average Bonchev–Trinajstić information content (AvgIpc) is 2.35. The van der Waals surface area contributed by atoms with Crippen molar-refractivity contribution >= 4 is 21.3 Å². The van der Waals surface area contributed by atoms with Crippen LogP contribution in [-0.4, -0.2) is 16.8 Å². The molecule has 0 radical (unpaired) electrons. The van der Waals surface area contributed by atoms with Gasteiger partial charge < -0.3 is 4.74 Å². The molecule has 1 unspecified atom stereocenters. The van der Waals surface area contributed by atoms with E-state index in [2.05, 4.69) is 4.74 Å². The van der Waals surface area contributed by atoms with Crippen LogP contribution in [0.15, 0.2) is 47.4 Å². The molecule has 3 nitrogen and oxygen atoms in total. The molecule has 0 spiro atoms. The minimum Gasteiger partial charge on any atom is -0.405 e. The lowest BCUT2D eigenvalue weighted by Gasteiger charge is -2.14. The first kappa shape index (κ1) is 16.6. The molecule has 2 rings (SSSR count). The van der Waals surface area contributed by atoms with Crippen molar-refractivity contribution in [2.24, 2.45) is 0 Å². The molecule has 0 saturated heterocycles. The molecule has 0 bridgehead atoms. The Bertz CT molecular complexity index is 804. The monoisotopic (exact) mass is 349 g/mol. The van der Waals surface area contributed by atoms with Crippen LogP contribution in [0.4, 0.5) is 13.2 Å². The van der Waals surface area contributed by atoms with Crippen LogP contribution in [0.3, 0.4) is 0 Å². The van der Waals surface area contributed by atoms with Crippen LogP contribution in [0.5, 0.6) is 5.75 Å². The zero-order chi connectivity index (χ0) is 16.5. The number of hydrogen-bond acceptors (Lipinski definition) is 3. The third-order valence-corrected chi connectivity index (χ3v) is 4.40. The van der Waals surface area contributed by atoms with Gasteiger partial charge in [0, 0.05) is 11.8 Å². The van der Waals surface area contributed by atoms with Crippen LogP contribution in [-0.2, 0) is 9.73 Å². The molecular weight excluding hydrogens is 339 g/mol. The summed E-state index contributed by atoms with van der Waals surface area (Å²) in [5, 5.41) is 0.0572. The molecule has 0 aliphatic rings. The molecule has 1 N–H and O–H groups in total. The Morgan fingerprint density at radius 3 is 2.36 bits per heavy atom. The Kier molecular flexibility index (Phi) is 4.39. The molecule has 1 atom stereocenters. The number of hydrogen-bond donors (Lipinski definition) is 1. The van der Waals surface area contributed by atoms with Gasteiger partial charge in [0.15, 0.2) is 0 Å². The number of benzene rings is 2. The van der Waals surface area contributed by atoms with Crippen LogP contribution in [0.1, 0.15) is 0 Å². The topological polar surface area (TPSA) is 50.2 Å². The summed E-state index contributed by atoms with van der Waals surface area (Å²) in [7, 11) is -3.01. The van der Waals surface area contributed by atoms with Gasteiger partial charge >= 0.3 is 6.36 Å². The van der Waals surface area contributed by atoms with E-state index >= 15 is 0 Å². The Morgan fingerprint density at radius 1 is 1.18 bits per heavy atom. The van der Waals surface area contributed by atoms with Crippen LogP contribution in [0.25, 0.3) is 11.1 Å². The standard InChI is InChI=1S/C14H11ClF3NO2S/c1-22(19,20)13-7-6-9(8-11(13)15)10-4-2-3-5-12(10)21-14(16,17)18/h2-8,19H,1H3. The van der Waals surface area contributed by atoms with Crippen molar-refractivity contribution in [2.45, 2.75) is 11.3 Å². The van der Waals surface area contributed by atoms with E-state index in [1.807, 2.05) is 0 Å². The second-order valence-electron chi connectivity index (χ2n) is 4.53. The van der Waals surface area contributed by atoms with Crippen LogP contribution >= 0.6 is 11.6 Å². The van der Waals surface area contributed by atoms with Gasteiger partial charge in [-0.05, 0) is 23.8 Å². The van der Waals surface area contributed by atoms with Gasteiger partial charge in [0.25, 0.3) is 0 Å². The number of rotatable bonds is 3. The van der Waals surface area contributed by atoms with Crippen molar-refractivity contribution in [1.29, 1.82) is 4.78 Å². The van der Waals surface area contributed by atoms with Crippen molar-refractivity contribution < 1.29 is 22.1 Å². The molecule has 0 fully saturated rings. The van der Waals surface area contributed by atoms with E-state index < -0.39 is 16.1 Å². The van der Waals surface area contributed by atoms with Gasteiger partial charge in [0.2, 0.25) is 0 Å². The third kappa shape index (κ3) is 3.92. The Morgan fingerprint density at radius 2 is 1.82 bits per heavy atom. The van der Waals surface area contributed by atoms with Crippen molar-refractivity contribution in [3.63, 3.8) is 0 Å². The van der Waals surface area contributed by atoms with Gasteiger partial charge in [-0.25, -0.2) is 8.99 Å². The van der Waals surface area contributed by atoms with Gasteiger partial charge in [-0.2, -0.15) is 0 Å². The largest absolute Gasteiger partial charge is 0.573 e. The molecule has 0 heterocycles. The fraction of sp³-hybridized carbons (Fsp3) is 0.143.